The van der Waals surface area contributed by atoms with Crippen molar-refractivity contribution in [2.75, 3.05) is 32.1 Å². The standard InChI is InChI=1S/C23H27N5O3/c1-16-21(28-12-6-5-9-20(28)25-16)22(29)24-15-17-10-13-27(14-11-17)23(30)26-18-7-3-4-8-19(18)31-2/h3-9,12,17H,10-11,13-15H2,1-2H3,(H,24,29)(H,26,30). The third kappa shape index (κ3) is 4.47. The van der Waals surface area contributed by atoms with E-state index < -0.39 is 0 Å². The van der Waals surface area contributed by atoms with Gasteiger partial charge in [0, 0.05) is 25.8 Å². The van der Waals surface area contributed by atoms with E-state index in [-0.39, 0.29) is 11.9 Å². The molecule has 3 amide bonds. The number of rotatable bonds is 5. The Bertz CT molecular complexity index is 1090. The molecule has 8 heteroatoms. The van der Waals surface area contributed by atoms with E-state index in [9.17, 15) is 9.59 Å². The minimum Gasteiger partial charge on any atom is -0.495 e. The number of urea groups is 1. The average molecular weight is 422 g/mol. The van der Waals surface area contributed by atoms with Crippen LogP contribution in [0.5, 0.6) is 5.75 Å². The number of aromatic nitrogens is 2. The molecule has 3 heterocycles. The van der Waals surface area contributed by atoms with Crippen LogP contribution >= 0.6 is 0 Å². The minimum atomic E-state index is -0.131. The van der Waals surface area contributed by atoms with Crippen molar-refractivity contribution in [3.63, 3.8) is 0 Å². The first-order valence-corrected chi connectivity index (χ1v) is 10.5. The molecule has 1 aliphatic heterocycles. The van der Waals surface area contributed by atoms with Gasteiger partial charge in [-0.25, -0.2) is 9.78 Å². The first kappa shape index (κ1) is 20.7. The predicted octanol–water partition coefficient (Wildman–Crippen LogP) is 3.33. The van der Waals surface area contributed by atoms with E-state index in [0.29, 0.717) is 48.4 Å². The number of nitrogens with zero attached hydrogens (tertiary/aromatic N) is 3. The van der Waals surface area contributed by atoms with E-state index in [1.54, 1.807) is 12.0 Å². The van der Waals surface area contributed by atoms with Crippen LogP contribution in [0.25, 0.3) is 5.65 Å². The number of ether oxygens (including phenoxy) is 1. The number of piperidine rings is 1. The summed E-state index contributed by atoms with van der Waals surface area (Å²) in [4.78, 5) is 31.6. The van der Waals surface area contributed by atoms with Gasteiger partial charge in [0.1, 0.15) is 17.1 Å². The zero-order chi connectivity index (χ0) is 21.8. The zero-order valence-electron chi connectivity index (χ0n) is 17.8. The largest absolute Gasteiger partial charge is 0.495 e. The van der Waals surface area contributed by atoms with Crippen molar-refractivity contribution in [1.82, 2.24) is 19.6 Å². The first-order valence-electron chi connectivity index (χ1n) is 10.5. The number of para-hydroxylation sites is 2. The number of methoxy groups -OCH3 is 1. The summed E-state index contributed by atoms with van der Waals surface area (Å²) in [5.41, 5.74) is 2.71. The van der Waals surface area contributed by atoms with Gasteiger partial charge in [-0.2, -0.15) is 0 Å². The molecule has 1 saturated heterocycles. The Kier molecular flexibility index (Phi) is 6.06. The summed E-state index contributed by atoms with van der Waals surface area (Å²) in [7, 11) is 1.58. The second kappa shape index (κ2) is 9.07. The Morgan fingerprint density at radius 3 is 2.65 bits per heavy atom. The molecule has 8 nitrogen and oxygen atoms in total. The molecule has 0 saturated carbocycles. The molecule has 1 aliphatic rings. The number of imidazole rings is 1. The van der Waals surface area contributed by atoms with Crippen LogP contribution in [0.2, 0.25) is 0 Å². The van der Waals surface area contributed by atoms with Gasteiger partial charge in [0.15, 0.2) is 0 Å². The number of likely N-dealkylation sites (tertiary alicyclic amines) is 1. The maximum absolute atomic E-state index is 12.8. The highest BCUT2D eigenvalue weighted by Crippen LogP contribution is 2.24. The number of amides is 3. The lowest BCUT2D eigenvalue weighted by atomic mass is 9.97. The monoisotopic (exact) mass is 421 g/mol. The minimum absolute atomic E-state index is 0.118. The van der Waals surface area contributed by atoms with Crippen LogP contribution in [0.15, 0.2) is 48.7 Å². The molecular weight excluding hydrogens is 394 g/mol. The molecule has 2 aromatic heterocycles. The molecule has 162 valence electrons. The van der Waals surface area contributed by atoms with Crippen LogP contribution in [-0.4, -0.2) is 53.0 Å². The SMILES string of the molecule is COc1ccccc1NC(=O)N1CCC(CNC(=O)c2c(C)nc3ccccn23)CC1. The molecule has 0 spiro atoms. The average Bonchev–Trinajstić information content (AvgIpc) is 3.14. The van der Waals surface area contributed by atoms with Crippen LogP contribution in [0, 0.1) is 12.8 Å². The molecule has 3 aromatic rings. The van der Waals surface area contributed by atoms with Gasteiger partial charge in [0.05, 0.1) is 18.5 Å². The number of hydrogen-bond acceptors (Lipinski definition) is 4. The molecule has 0 aliphatic carbocycles. The Morgan fingerprint density at radius 1 is 1.13 bits per heavy atom. The number of benzene rings is 1. The number of hydrogen-bond donors (Lipinski definition) is 2. The maximum Gasteiger partial charge on any atom is 0.321 e. The number of anilines is 1. The van der Waals surface area contributed by atoms with Gasteiger partial charge in [-0.3, -0.25) is 9.20 Å². The van der Waals surface area contributed by atoms with E-state index in [1.807, 2.05) is 60.0 Å². The van der Waals surface area contributed by atoms with Gasteiger partial charge >= 0.3 is 6.03 Å². The molecule has 0 atom stereocenters. The van der Waals surface area contributed by atoms with E-state index in [1.165, 1.54) is 0 Å². The summed E-state index contributed by atoms with van der Waals surface area (Å²) in [5, 5.41) is 5.97. The lowest BCUT2D eigenvalue weighted by Crippen LogP contribution is -2.43. The summed E-state index contributed by atoms with van der Waals surface area (Å²) in [5.74, 6) is 0.849. The number of aryl methyl sites for hydroxylation is 1. The summed E-state index contributed by atoms with van der Waals surface area (Å²) in [6.07, 6.45) is 3.53. The van der Waals surface area contributed by atoms with Crippen LogP contribution in [0.1, 0.15) is 29.0 Å². The summed E-state index contributed by atoms with van der Waals surface area (Å²) in [6.45, 7) is 3.73. The van der Waals surface area contributed by atoms with Crippen molar-refractivity contribution in [2.24, 2.45) is 5.92 Å². The van der Waals surface area contributed by atoms with Crippen LogP contribution in [0.3, 0.4) is 0 Å². The van der Waals surface area contributed by atoms with Gasteiger partial charge in [0.2, 0.25) is 0 Å². The quantitative estimate of drug-likeness (QED) is 0.662. The fourth-order valence-electron chi connectivity index (χ4n) is 3.99. The molecule has 2 N–H and O–H groups in total. The lowest BCUT2D eigenvalue weighted by Gasteiger charge is -2.32. The fraction of sp³-hybridized carbons (Fsp3) is 0.348. The maximum atomic E-state index is 12.8. The molecule has 31 heavy (non-hydrogen) atoms. The van der Waals surface area contributed by atoms with Crippen LogP contribution in [-0.2, 0) is 0 Å². The van der Waals surface area contributed by atoms with Crippen molar-refractivity contribution in [1.29, 1.82) is 0 Å². The Balaban J connectivity index is 1.29. The third-order valence-electron chi connectivity index (χ3n) is 5.72. The van der Waals surface area contributed by atoms with Crippen molar-refractivity contribution >= 4 is 23.3 Å². The number of carbonyl (C=O) groups excluding carboxylic acids is 2. The highest BCUT2D eigenvalue weighted by Gasteiger charge is 2.24. The van der Waals surface area contributed by atoms with Gasteiger partial charge in [-0.05, 0) is 49.9 Å². The van der Waals surface area contributed by atoms with Crippen molar-refractivity contribution in [2.45, 2.75) is 19.8 Å². The van der Waals surface area contributed by atoms with Gasteiger partial charge < -0.3 is 20.3 Å². The fourth-order valence-corrected chi connectivity index (χ4v) is 3.99. The normalized spacial score (nSPS) is 14.5. The van der Waals surface area contributed by atoms with Gasteiger partial charge in [-0.15, -0.1) is 0 Å². The van der Waals surface area contributed by atoms with Crippen molar-refractivity contribution in [3.05, 3.63) is 60.0 Å². The third-order valence-corrected chi connectivity index (χ3v) is 5.72. The highest BCUT2D eigenvalue weighted by molar-refractivity contribution is 5.94. The lowest BCUT2D eigenvalue weighted by molar-refractivity contribution is 0.0932. The van der Waals surface area contributed by atoms with Crippen molar-refractivity contribution < 1.29 is 14.3 Å². The molecule has 0 radical (unpaired) electrons. The summed E-state index contributed by atoms with van der Waals surface area (Å²) in [6, 6.07) is 12.9. The number of fused-ring (bicyclic) bond motifs is 1. The number of pyridine rings is 1. The Hall–Kier alpha value is -3.55. The van der Waals surface area contributed by atoms with Crippen LogP contribution < -0.4 is 15.4 Å². The molecule has 0 unspecified atom stereocenters. The predicted molar refractivity (Wildman–Crippen MR) is 119 cm³/mol. The van der Waals surface area contributed by atoms with E-state index in [2.05, 4.69) is 15.6 Å². The van der Waals surface area contributed by atoms with Gasteiger partial charge in [0.25, 0.3) is 5.91 Å². The molecule has 1 aromatic carbocycles. The second-order valence-electron chi connectivity index (χ2n) is 7.75. The van der Waals surface area contributed by atoms with E-state index >= 15 is 0 Å². The topological polar surface area (TPSA) is 88.0 Å². The molecule has 4 rings (SSSR count). The first-order chi connectivity index (χ1) is 15.1. The van der Waals surface area contributed by atoms with E-state index in [4.69, 9.17) is 4.74 Å². The molecule has 0 bridgehead atoms. The summed E-state index contributed by atoms with van der Waals surface area (Å²) < 4.78 is 7.11. The zero-order valence-corrected chi connectivity index (χ0v) is 17.8. The number of nitrogens with one attached hydrogen (secondary N) is 2. The Morgan fingerprint density at radius 2 is 1.87 bits per heavy atom. The highest BCUT2D eigenvalue weighted by atomic mass is 16.5. The second-order valence-corrected chi connectivity index (χ2v) is 7.75. The Labute approximate surface area is 181 Å². The van der Waals surface area contributed by atoms with Crippen LogP contribution in [0.4, 0.5) is 10.5 Å². The molecule has 1 fully saturated rings. The van der Waals surface area contributed by atoms with Gasteiger partial charge in [-0.1, -0.05) is 18.2 Å². The smallest absolute Gasteiger partial charge is 0.321 e. The van der Waals surface area contributed by atoms with Crippen molar-refractivity contribution in [3.8, 4) is 5.75 Å². The number of carbonyl (C=O) groups is 2. The van der Waals surface area contributed by atoms with E-state index in [0.717, 1.165) is 18.5 Å². The summed E-state index contributed by atoms with van der Waals surface area (Å²) >= 11 is 0. The molecular formula is C23H27N5O3.